The van der Waals surface area contributed by atoms with E-state index >= 15 is 0 Å². The summed E-state index contributed by atoms with van der Waals surface area (Å²) < 4.78 is 2.69. The molecule has 3 rings (SSSR count). The summed E-state index contributed by atoms with van der Waals surface area (Å²) in [5.74, 6) is 0.662. The van der Waals surface area contributed by atoms with Crippen LogP contribution in [0.2, 0.25) is 0 Å². The van der Waals surface area contributed by atoms with Crippen molar-refractivity contribution in [2.75, 3.05) is 5.73 Å². The summed E-state index contributed by atoms with van der Waals surface area (Å²) in [5, 5.41) is 12.1. The third-order valence-electron chi connectivity index (χ3n) is 3.22. The van der Waals surface area contributed by atoms with Crippen LogP contribution in [0, 0.1) is 13.8 Å². The normalized spacial score (nSPS) is 10.8. The van der Waals surface area contributed by atoms with E-state index in [2.05, 4.69) is 44.4 Å². The van der Waals surface area contributed by atoms with Crippen LogP contribution in [0.25, 0.3) is 17.1 Å². The van der Waals surface area contributed by atoms with Crippen LogP contribution in [0.3, 0.4) is 0 Å². The molecule has 0 aliphatic heterocycles. The van der Waals surface area contributed by atoms with E-state index in [0.717, 1.165) is 21.3 Å². The van der Waals surface area contributed by atoms with Crippen LogP contribution in [0.4, 0.5) is 5.69 Å². The van der Waals surface area contributed by atoms with Crippen LogP contribution in [-0.4, -0.2) is 20.2 Å². The predicted molar refractivity (Wildman–Crippen MR) is 86.2 cm³/mol. The van der Waals surface area contributed by atoms with Gasteiger partial charge >= 0.3 is 0 Å². The summed E-state index contributed by atoms with van der Waals surface area (Å²) in [4.78, 5) is 0. The molecule has 3 aromatic rings. The number of aryl methyl sites for hydroxylation is 2. The van der Waals surface area contributed by atoms with Crippen molar-refractivity contribution in [3.8, 4) is 17.1 Å². The van der Waals surface area contributed by atoms with Crippen LogP contribution in [0.15, 0.2) is 40.9 Å². The van der Waals surface area contributed by atoms with Gasteiger partial charge in [-0.15, -0.1) is 5.10 Å². The lowest BCUT2D eigenvalue weighted by molar-refractivity contribution is 0.784. The largest absolute Gasteiger partial charge is 0.399 e. The summed E-state index contributed by atoms with van der Waals surface area (Å²) in [6.45, 7) is 4.10. The predicted octanol–water partition coefficient (Wildman–Crippen LogP) is 3.29. The standard InChI is InChI=1S/C15H14BrN5/c1-9-6-10(2)14(13(16)7-9)21-15(18-19-20-21)11-4-3-5-12(17)8-11/h3-8H,17H2,1-2H3. The van der Waals surface area contributed by atoms with Crippen molar-refractivity contribution in [3.63, 3.8) is 0 Å². The highest BCUT2D eigenvalue weighted by atomic mass is 79.9. The second-order valence-electron chi connectivity index (χ2n) is 4.95. The number of hydrogen-bond acceptors (Lipinski definition) is 4. The van der Waals surface area contributed by atoms with Crippen LogP contribution in [-0.2, 0) is 0 Å². The molecular formula is C15H14BrN5. The molecule has 0 aliphatic rings. The highest BCUT2D eigenvalue weighted by molar-refractivity contribution is 9.10. The minimum atomic E-state index is 0.662. The number of tetrazole rings is 1. The highest BCUT2D eigenvalue weighted by Gasteiger charge is 2.15. The van der Waals surface area contributed by atoms with Crippen LogP contribution in [0.5, 0.6) is 0 Å². The topological polar surface area (TPSA) is 69.6 Å². The minimum Gasteiger partial charge on any atom is -0.399 e. The molecule has 0 saturated carbocycles. The summed E-state index contributed by atoms with van der Waals surface area (Å²) in [7, 11) is 0. The second-order valence-corrected chi connectivity index (χ2v) is 5.81. The number of anilines is 1. The molecule has 0 spiro atoms. The Labute approximate surface area is 130 Å². The SMILES string of the molecule is Cc1cc(C)c(-n2nnnc2-c2cccc(N)c2)c(Br)c1. The van der Waals surface area contributed by atoms with Gasteiger partial charge in [0.15, 0.2) is 5.82 Å². The minimum absolute atomic E-state index is 0.662. The molecule has 0 atom stereocenters. The quantitative estimate of drug-likeness (QED) is 0.725. The summed E-state index contributed by atoms with van der Waals surface area (Å²) in [6, 6.07) is 11.7. The summed E-state index contributed by atoms with van der Waals surface area (Å²) in [6.07, 6.45) is 0. The Morgan fingerprint density at radius 3 is 2.67 bits per heavy atom. The molecule has 0 radical (unpaired) electrons. The first-order valence-electron chi connectivity index (χ1n) is 6.47. The lowest BCUT2D eigenvalue weighted by Gasteiger charge is -2.11. The number of benzene rings is 2. The molecule has 2 aromatic carbocycles. The molecule has 6 heteroatoms. The van der Waals surface area contributed by atoms with Gasteiger partial charge in [0.1, 0.15) is 0 Å². The van der Waals surface area contributed by atoms with Crippen molar-refractivity contribution in [3.05, 3.63) is 52.0 Å². The molecule has 0 unspecified atom stereocenters. The third kappa shape index (κ3) is 2.54. The number of halogens is 1. The Morgan fingerprint density at radius 1 is 1.14 bits per heavy atom. The van der Waals surface area contributed by atoms with E-state index in [1.165, 1.54) is 5.56 Å². The fourth-order valence-corrected chi connectivity index (χ4v) is 3.21. The molecular weight excluding hydrogens is 330 g/mol. The Hall–Kier alpha value is -2.21. The van der Waals surface area contributed by atoms with E-state index in [1.807, 2.05) is 37.3 Å². The van der Waals surface area contributed by atoms with Crippen molar-refractivity contribution < 1.29 is 0 Å². The van der Waals surface area contributed by atoms with E-state index in [-0.39, 0.29) is 0 Å². The molecule has 0 amide bonds. The maximum Gasteiger partial charge on any atom is 0.187 e. The van der Waals surface area contributed by atoms with Gasteiger partial charge in [-0.3, -0.25) is 0 Å². The van der Waals surface area contributed by atoms with Gasteiger partial charge in [-0.25, -0.2) is 0 Å². The third-order valence-corrected chi connectivity index (χ3v) is 3.83. The first kappa shape index (κ1) is 13.8. The fourth-order valence-electron chi connectivity index (χ4n) is 2.37. The molecule has 5 nitrogen and oxygen atoms in total. The Kier molecular flexibility index (Phi) is 3.47. The first-order chi connectivity index (χ1) is 10.1. The molecule has 0 aliphatic carbocycles. The Balaban J connectivity index is 2.21. The zero-order valence-corrected chi connectivity index (χ0v) is 13.3. The molecule has 106 valence electrons. The van der Waals surface area contributed by atoms with Crippen LogP contribution in [0.1, 0.15) is 11.1 Å². The summed E-state index contributed by atoms with van der Waals surface area (Å²) >= 11 is 3.60. The van der Waals surface area contributed by atoms with Crippen molar-refractivity contribution in [1.82, 2.24) is 20.2 Å². The van der Waals surface area contributed by atoms with Gasteiger partial charge in [0, 0.05) is 15.7 Å². The molecule has 1 heterocycles. The van der Waals surface area contributed by atoms with Crippen molar-refractivity contribution in [2.24, 2.45) is 0 Å². The van der Waals surface area contributed by atoms with Gasteiger partial charge in [0.25, 0.3) is 0 Å². The maximum absolute atomic E-state index is 5.85. The molecule has 2 N–H and O–H groups in total. The van der Waals surface area contributed by atoms with Gasteiger partial charge in [-0.1, -0.05) is 18.2 Å². The number of rotatable bonds is 2. The second kappa shape index (κ2) is 5.29. The first-order valence-corrected chi connectivity index (χ1v) is 7.27. The van der Waals surface area contributed by atoms with Crippen molar-refractivity contribution in [2.45, 2.75) is 13.8 Å². The van der Waals surface area contributed by atoms with Gasteiger partial charge in [-0.2, -0.15) is 4.68 Å². The molecule has 0 saturated heterocycles. The lowest BCUT2D eigenvalue weighted by Crippen LogP contribution is -2.04. The molecule has 1 aromatic heterocycles. The number of hydrogen-bond donors (Lipinski definition) is 1. The average molecular weight is 344 g/mol. The van der Waals surface area contributed by atoms with Gasteiger partial charge in [0.05, 0.1) is 5.69 Å². The maximum atomic E-state index is 5.85. The zero-order valence-electron chi connectivity index (χ0n) is 11.7. The number of aromatic nitrogens is 4. The van der Waals surface area contributed by atoms with E-state index < -0.39 is 0 Å². The molecule has 21 heavy (non-hydrogen) atoms. The average Bonchev–Trinajstić information content (AvgIpc) is 2.86. The van der Waals surface area contributed by atoms with E-state index in [9.17, 15) is 0 Å². The van der Waals surface area contributed by atoms with Crippen LogP contribution < -0.4 is 5.73 Å². The Bertz CT molecular complexity index is 786. The van der Waals surface area contributed by atoms with Gasteiger partial charge in [0.2, 0.25) is 0 Å². The monoisotopic (exact) mass is 343 g/mol. The summed E-state index contributed by atoms with van der Waals surface area (Å²) in [5.41, 5.74) is 10.6. The number of nitrogens with zero attached hydrogens (tertiary/aromatic N) is 4. The zero-order chi connectivity index (χ0) is 15.0. The number of nitrogen functional groups attached to an aromatic ring is 1. The van der Waals surface area contributed by atoms with Gasteiger partial charge in [-0.05, 0) is 69.5 Å². The van der Waals surface area contributed by atoms with Crippen LogP contribution >= 0.6 is 15.9 Å². The van der Waals surface area contributed by atoms with Crippen molar-refractivity contribution >= 4 is 21.6 Å². The number of nitrogens with two attached hydrogens (primary N) is 1. The smallest absolute Gasteiger partial charge is 0.187 e. The molecule has 0 bridgehead atoms. The molecule has 0 fully saturated rings. The van der Waals surface area contributed by atoms with E-state index in [4.69, 9.17) is 5.73 Å². The van der Waals surface area contributed by atoms with E-state index in [1.54, 1.807) is 4.68 Å². The van der Waals surface area contributed by atoms with Crippen molar-refractivity contribution in [1.29, 1.82) is 0 Å². The lowest BCUT2D eigenvalue weighted by atomic mass is 10.1. The van der Waals surface area contributed by atoms with E-state index in [0.29, 0.717) is 11.5 Å². The Morgan fingerprint density at radius 2 is 1.95 bits per heavy atom. The highest BCUT2D eigenvalue weighted by Crippen LogP contribution is 2.29. The fraction of sp³-hybridized carbons (Fsp3) is 0.133. The van der Waals surface area contributed by atoms with Gasteiger partial charge < -0.3 is 5.73 Å².